The van der Waals surface area contributed by atoms with Crippen LogP contribution in [0, 0.1) is 11.2 Å². The first-order valence-corrected chi connectivity index (χ1v) is 8.36. The van der Waals surface area contributed by atoms with Crippen molar-refractivity contribution in [1.29, 1.82) is 0 Å². The van der Waals surface area contributed by atoms with Gasteiger partial charge >= 0.3 is 5.97 Å². The van der Waals surface area contributed by atoms with Gasteiger partial charge in [0.15, 0.2) is 0 Å². The summed E-state index contributed by atoms with van der Waals surface area (Å²) >= 11 is 1.70. The molecule has 1 heterocycles. The summed E-state index contributed by atoms with van der Waals surface area (Å²) in [5.74, 6) is 0.915. The minimum absolute atomic E-state index is 0.301. The first-order chi connectivity index (χ1) is 9.93. The second-order valence-electron chi connectivity index (χ2n) is 5.92. The van der Waals surface area contributed by atoms with E-state index in [9.17, 15) is 9.18 Å². The fourth-order valence-corrected chi connectivity index (χ4v) is 4.29. The third-order valence-corrected chi connectivity index (χ3v) is 5.32. The molecule has 1 aromatic rings. The molecule has 1 aliphatic heterocycles. The van der Waals surface area contributed by atoms with Crippen molar-refractivity contribution >= 4 is 23.4 Å². The van der Waals surface area contributed by atoms with E-state index in [0.29, 0.717) is 18.0 Å². The van der Waals surface area contributed by atoms with Gasteiger partial charge in [-0.05, 0) is 31.2 Å². The highest BCUT2D eigenvalue weighted by atomic mass is 32.2. The highest BCUT2D eigenvalue weighted by molar-refractivity contribution is 7.99. The Balaban J connectivity index is 2.41. The molecule has 1 atom stereocenters. The quantitative estimate of drug-likeness (QED) is 0.861. The zero-order chi connectivity index (χ0) is 15.5. The Bertz CT molecular complexity index is 521. The molecule has 0 spiro atoms. The summed E-state index contributed by atoms with van der Waals surface area (Å²) in [4.78, 5) is 12.6. The van der Waals surface area contributed by atoms with Crippen molar-refractivity contribution in [3.05, 3.63) is 30.1 Å². The van der Waals surface area contributed by atoms with Crippen molar-refractivity contribution in [2.75, 3.05) is 23.4 Å². The van der Waals surface area contributed by atoms with Gasteiger partial charge < -0.3 is 10.1 Å². The number of nitrogens with one attached hydrogen (secondary N) is 1. The van der Waals surface area contributed by atoms with E-state index in [1.165, 1.54) is 6.07 Å². The van der Waals surface area contributed by atoms with E-state index < -0.39 is 5.54 Å². The number of halogens is 1. The maximum absolute atomic E-state index is 14.0. The summed E-state index contributed by atoms with van der Waals surface area (Å²) in [5, 5.41) is 3.17. The van der Waals surface area contributed by atoms with Gasteiger partial charge in [-0.2, -0.15) is 11.8 Å². The van der Waals surface area contributed by atoms with E-state index in [1.54, 1.807) is 36.9 Å². The van der Waals surface area contributed by atoms with Crippen molar-refractivity contribution < 1.29 is 13.9 Å². The lowest BCUT2D eigenvalue weighted by atomic mass is 9.70. The number of hydrogen-bond acceptors (Lipinski definition) is 4. The number of anilines is 1. The van der Waals surface area contributed by atoms with E-state index in [1.807, 2.05) is 13.8 Å². The lowest BCUT2D eigenvalue weighted by Gasteiger charge is -2.48. The number of carbonyl (C=O) groups is 1. The van der Waals surface area contributed by atoms with Crippen LogP contribution in [0.15, 0.2) is 24.3 Å². The van der Waals surface area contributed by atoms with Crippen molar-refractivity contribution in [2.24, 2.45) is 5.41 Å². The van der Waals surface area contributed by atoms with E-state index >= 15 is 0 Å². The minimum Gasteiger partial charge on any atom is -0.464 e. The summed E-state index contributed by atoms with van der Waals surface area (Å²) in [6, 6.07) is 6.45. The molecule has 1 N–H and O–H groups in total. The third kappa shape index (κ3) is 3.03. The maximum atomic E-state index is 14.0. The maximum Gasteiger partial charge on any atom is 0.333 e. The fourth-order valence-electron chi connectivity index (χ4n) is 2.60. The number of para-hydroxylation sites is 1. The number of benzene rings is 1. The van der Waals surface area contributed by atoms with E-state index in [-0.39, 0.29) is 17.2 Å². The minimum atomic E-state index is -0.909. The van der Waals surface area contributed by atoms with Crippen LogP contribution in [0.2, 0.25) is 0 Å². The van der Waals surface area contributed by atoms with Crippen LogP contribution in [0.5, 0.6) is 0 Å². The molecule has 1 aliphatic rings. The molecule has 21 heavy (non-hydrogen) atoms. The van der Waals surface area contributed by atoms with Gasteiger partial charge in [0.25, 0.3) is 0 Å². The zero-order valence-corrected chi connectivity index (χ0v) is 13.6. The lowest BCUT2D eigenvalue weighted by molar-refractivity contribution is -0.152. The SMILES string of the molecule is CCOC(=O)C1(Nc2ccccc2F)CSCCC1(C)C. The van der Waals surface area contributed by atoms with Gasteiger partial charge in [-0.25, -0.2) is 9.18 Å². The van der Waals surface area contributed by atoms with Gasteiger partial charge in [0.2, 0.25) is 0 Å². The highest BCUT2D eigenvalue weighted by Crippen LogP contribution is 2.45. The molecule has 0 radical (unpaired) electrons. The third-order valence-electron chi connectivity index (χ3n) is 4.19. The lowest BCUT2D eigenvalue weighted by Crippen LogP contribution is -2.62. The van der Waals surface area contributed by atoms with Gasteiger partial charge in [0.1, 0.15) is 11.4 Å². The molecule has 1 fully saturated rings. The molecule has 0 saturated carbocycles. The van der Waals surface area contributed by atoms with Crippen LogP contribution in [-0.4, -0.2) is 29.6 Å². The standard InChI is InChI=1S/C16H22FNO2S/c1-4-20-14(19)16(11-21-10-9-15(16,2)3)18-13-8-6-5-7-12(13)17/h5-8,18H,4,9-11H2,1-3H3. The Hall–Kier alpha value is -1.23. The molecule has 116 valence electrons. The summed E-state index contributed by atoms with van der Waals surface area (Å²) in [6.45, 7) is 6.19. The summed E-state index contributed by atoms with van der Waals surface area (Å²) in [7, 11) is 0. The molecule has 0 amide bonds. The average Bonchev–Trinajstić information content (AvgIpc) is 2.43. The predicted molar refractivity (Wildman–Crippen MR) is 85.1 cm³/mol. The second-order valence-corrected chi connectivity index (χ2v) is 7.02. The summed E-state index contributed by atoms with van der Waals surface area (Å²) in [6.07, 6.45) is 0.873. The van der Waals surface area contributed by atoms with Gasteiger partial charge in [-0.3, -0.25) is 0 Å². The van der Waals surface area contributed by atoms with Crippen LogP contribution in [0.4, 0.5) is 10.1 Å². The number of esters is 1. The molecular formula is C16H22FNO2S. The molecule has 0 aromatic heterocycles. The van der Waals surface area contributed by atoms with Crippen molar-refractivity contribution in [3.63, 3.8) is 0 Å². The van der Waals surface area contributed by atoms with Crippen LogP contribution in [0.1, 0.15) is 27.2 Å². The van der Waals surface area contributed by atoms with Gasteiger partial charge in [0, 0.05) is 11.2 Å². The van der Waals surface area contributed by atoms with E-state index in [4.69, 9.17) is 4.74 Å². The van der Waals surface area contributed by atoms with Crippen LogP contribution >= 0.6 is 11.8 Å². The topological polar surface area (TPSA) is 38.3 Å². The van der Waals surface area contributed by atoms with Crippen molar-refractivity contribution in [2.45, 2.75) is 32.7 Å². The van der Waals surface area contributed by atoms with Crippen molar-refractivity contribution in [1.82, 2.24) is 0 Å². The van der Waals surface area contributed by atoms with Crippen molar-refractivity contribution in [3.8, 4) is 0 Å². The second kappa shape index (κ2) is 6.26. The Kier molecular flexibility index (Phi) is 4.81. The van der Waals surface area contributed by atoms with Gasteiger partial charge in [-0.1, -0.05) is 26.0 Å². The molecule has 3 nitrogen and oxygen atoms in total. The van der Waals surface area contributed by atoms with Crippen LogP contribution in [-0.2, 0) is 9.53 Å². The fraction of sp³-hybridized carbons (Fsp3) is 0.562. The predicted octanol–water partition coefficient (Wildman–Crippen LogP) is 3.70. The normalized spacial score (nSPS) is 24.4. The van der Waals surface area contributed by atoms with E-state index in [2.05, 4.69) is 5.32 Å². The molecule has 0 aliphatic carbocycles. The van der Waals surface area contributed by atoms with Crippen LogP contribution in [0.3, 0.4) is 0 Å². The molecule has 1 aromatic carbocycles. The molecule has 1 saturated heterocycles. The van der Waals surface area contributed by atoms with E-state index in [0.717, 1.165) is 12.2 Å². The number of carbonyl (C=O) groups excluding carboxylic acids is 1. The average molecular weight is 311 g/mol. The number of ether oxygens (including phenoxy) is 1. The smallest absolute Gasteiger partial charge is 0.333 e. The van der Waals surface area contributed by atoms with Gasteiger partial charge in [-0.15, -0.1) is 0 Å². The number of rotatable bonds is 4. The van der Waals surface area contributed by atoms with Gasteiger partial charge in [0.05, 0.1) is 12.3 Å². The molecule has 1 unspecified atom stereocenters. The Labute approximate surface area is 129 Å². The molecular weight excluding hydrogens is 289 g/mol. The number of hydrogen-bond donors (Lipinski definition) is 1. The summed E-state index contributed by atoms with van der Waals surface area (Å²) in [5.41, 5.74) is -0.873. The number of thioether (sulfide) groups is 1. The summed E-state index contributed by atoms with van der Waals surface area (Å²) < 4.78 is 19.3. The molecule has 0 bridgehead atoms. The Morgan fingerprint density at radius 3 is 2.76 bits per heavy atom. The van der Waals surface area contributed by atoms with Crippen LogP contribution in [0.25, 0.3) is 0 Å². The van der Waals surface area contributed by atoms with Crippen LogP contribution < -0.4 is 5.32 Å². The molecule has 2 rings (SSSR count). The zero-order valence-electron chi connectivity index (χ0n) is 12.7. The molecule has 5 heteroatoms. The highest BCUT2D eigenvalue weighted by Gasteiger charge is 2.54. The Morgan fingerprint density at radius 1 is 1.43 bits per heavy atom. The monoisotopic (exact) mass is 311 g/mol. The Morgan fingerprint density at radius 2 is 2.14 bits per heavy atom. The largest absolute Gasteiger partial charge is 0.464 e. The first-order valence-electron chi connectivity index (χ1n) is 7.20. The first kappa shape index (κ1) is 16.1.